The van der Waals surface area contributed by atoms with Crippen LogP contribution < -0.4 is 5.73 Å². The maximum Gasteiger partial charge on any atom is 0.249 e. The van der Waals surface area contributed by atoms with Crippen LogP contribution in [0.1, 0.15) is 11.1 Å². The lowest BCUT2D eigenvalue weighted by molar-refractivity contribution is -0.112. The van der Waals surface area contributed by atoms with Gasteiger partial charge in [0.1, 0.15) is 0 Å². The second kappa shape index (κ2) is 5.63. The molecule has 0 aliphatic heterocycles. The molecule has 0 saturated carbocycles. The molecule has 3 aromatic carbocycles. The Morgan fingerprint density at radius 2 is 1.48 bits per heavy atom. The van der Waals surface area contributed by atoms with Gasteiger partial charge in [-0.1, -0.05) is 66.7 Å². The van der Waals surface area contributed by atoms with Crippen molar-refractivity contribution in [2.75, 3.05) is 0 Å². The molecule has 0 unspecified atom stereocenters. The summed E-state index contributed by atoms with van der Waals surface area (Å²) in [5.41, 5.74) is 7.87. The van der Waals surface area contributed by atoms with Crippen molar-refractivity contribution in [2.24, 2.45) is 5.73 Å². The summed E-state index contributed by atoms with van der Waals surface area (Å²) in [5, 5.41) is 2.24. The van der Waals surface area contributed by atoms with Crippen molar-refractivity contribution < 1.29 is 4.79 Å². The minimum absolute atomic E-state index is 0.422. The summed E-state index contributed by atoms with van der Waals surface area (Å²) in [6, 6.07) is 23.7. The monoisotopic (exact) mass is 273 g/mol. The molecule has 102 valence electrons. The van der Waals surface area contributed by atoms with E-state index in [1.165, 1.54) is 0 Å². The number of hydrogen-bond acceptors (Lipinski definition) is 1. The SMILES string of the molecule is NC(=O)C(=Cc1ccccc1)c1ccc2ccccc2c1. The predicted octanol–water partition coefficient (Wildman–Crippen LogP) is 3.87. The molecule has 0 radical (unpaired) electrons. The highest BCUT2D eigenvalue weighted by Gasteiger charge is 2.09. The molecule has 0 aromatic heterocycles. The van der Waals surface area contributed by atoms with Crippen LogP contribution in [0.5, 0.6) is 0 Å². The van der Waals surface area contributed by atoms with Gasteiger partial charge in [-0.3, -0.25) is 4.79 Å². The fraction of sp³-hybridized carbons (Fsp3) is 0. The minimum Gasteiger partial charge on any atom is -0.366 e. The second-order valence-electron chi connectivity index (χ2n) is 4.89. The third kappa shape index (κ3) is 2.84. The molecule has 0 aliphatic carbocycles. The fourth-order valence-corrected chi connectivity index (χ4v) is 2.37. The molecule has 3 rings (SSSR count). The van der Waals surface area contributed by atoms with E-state index in [2.05, 4.69) is 0 Å². The highest BCUT2D eigenvalue weighted by Crippen LogP contribution is 2.23. The van der Waals surface area contributed by atoms with Crippen LogP contribution in [0.2, 0.25) is 0 Å². The highest BCUT2D eigenvalue weighted by atomic mass is 16.1. The van der Waals surface area contributed by atoms with Gasteiger partial charge in [0.2, 0.25) is 5.91 Å². The maximum atomic E-state index is 11.8. The van der Waals surface area contributed by atoms with Crippen molar-refractivity contribution in [3.63, 3.8) is 0 Å². The highest BCUT2D eigenvalue weighted by molar-refractivity contribution is 6.24. The Kier molecular flexibility index (Phi) is 3.52. The van der Waals surface area contributed by atoms with E-state index in [0.717, 1.165) is 21.9 Å². The van der Waals surface area contributed by atoms with Gasteiger partial charge in [0.05, 0.1) is 0 Å². The number of benzene rings is 3. The van der Waals surface area contributed by atoms with Crippen molar-refractivity contribution in [2.45, 2.75) is 0 Å². The fourth-order valence-electron chi connectivity index (χ4n) is 2.37. The molecule has 21 heavy (non-hydrogen) atoms. The van der Waals surface area contributed by atoms with Crippen molar-refractivity contribution in [3.05, 3.63) is 83.9 Å². The smallest absolute Gasteiger partial charge is 0.249 e. The quantitative estimate of drug-likeness (QED) is 0.571. The molecule has 0 bridgehead atoms. The third-order valence-corrected chi connectivity index (χ3v) is 3.44. The lowest BCUT2D eigenvalue weighted by atomic mass is 9.99. The Bertz CT molecular complexity index is 819. The zero-order valence-electron chi connectivity index (χ0n) is 11.5. The summed E-state index contributed by atoms with van der Waals surface area (Å²) < 4.78 is 0. The largest absolute Gasteiger partial charge is 0.366 e. The lowest BCUT2D eigenvalue weighted by Gasteiger charge is -2.06. The first-order chi connectivity index (χ1) is 10.2. The van der Waals surface area contributed by atoms with Crippen LogP contribution in [0.4, 0.5) is 0 Å². The van der Waals surface area contributed by atoms with Gasteiger partial charge in [0, 0.05) is 5.57 Å². The molecule has 3 aromatic rings. The molecule has 0 heterocycles. The van der Waals surface area contributed by atoms with Crippen molar-refractivity contribution in [3.8, 4) is 0 Å². The van der Waals surface area contributed by atoms with E-state index in [1.54, 1.807) is 0 Å². The Labute approximate surface area is 123 Å². The number of hydrogen-bond donors (Lipinski definition) is 1. The zero-order valence-corrected chi connectivity index (χ0v) is 11.5. The van der Waals surface area contributed by atoms with Crippen LogP contribution in [-0.4, -0.2) is 5.91 Å². The Morgan fingerprint density at radius 1 is 0.810 bits per heavy atom. The number of fused-ring (bicyclic) bond motifs is 1. The lowest BCUT2D eigenvalue weighted by Crippen LogP contribution is -2.12. The topological polar surface area (TPSA) is 43.1 Å². The first-order valence-electron chi connectivity index (χ1n) is 6.80. The van der Waals surface area contributed by atoms with E-state index in [4.69, 9.17) is 5.73 Å². The molecular weight excluding hydrogens is 258 g/mol. The molecule has 0 atom stereocenters. The first kappa shape index (κ1) is 13.1. The molecular formula is C19H15NO. The maximum absolute atomic E-state index is 11.8. The van der Waals surface area contributed by atoms with Crippen LogP contribution in [0.3, 0.4) is 0 Å². The van der Waals surface area contributed by atoms with Crippen molar-refractivity contribution >= 4 is 28.3 Å². The van der Waals surface area contributed by atoms with Gasteiger partial charge in [-0.2, -0.15) is 0 Å². The van der Waals surface area contributed by atoms with E-state index in [9.17, 15) is 4.79 Å². The molecule has 0 aliphatic rings. The number of amides is 1. The molecule has 0 saturated heterocycles. The Balaban J connectivity index is 2.11. The minimum atomic E-state index is -0.422. The van der Waals surface area contributed by atoms with Gasteiger partial charge in [-0.25, -0.2) is 0 Å². The summed E-state index contributed by atoms with van der Waals surface area (Å²) >= 11 is 0. The number of carbonyl (C=O) groups is 1. The van der Waals surface area contributed by atoms with Crippen molar-refractivity contribution in [1.29, 1.82) is 0 Å². The summed E-state index contributed by atoms with van der Waals surface area (Å²) in [7, 11) is 0. The molecule has 0 fully saturated rings. The summed E-state index contributed by atoms with van der Waals surface area (Å²) in [6.45, 7) is 0. The van der Waals surface area contributed by atoms with E-state index < -0.39 is 5.91 Å². The van der Waals surface area contributed by atoms with Crippen molar-refractivity contribution in [1.82, 2.24) is 0 Å². The predicted molar refractivity (Wildman–Crippen MR) is 87.5 cm³/mol. The second-order valence-corrected chi connectivity index (χ2v) is 4.89. The molecule has 1 amide bonds. The molecule has 2 nitrogen and oxygen atoms in total. The number of nitrogens with two attached hydrogens (primary N) is 1. The van der Waals surface area contributed by atoms with Gasteiger partial charge in [0.25, 0.3) is 0 Å². The summed E-state index contributed by atoms with van der Waals surface area (Å²) in [4.78, 5) is 11.8. The average Bonchev–Trinajstić information content (AvgIpc) is 2.53. The van der Waals surface area contributed by atoms with E-state index >= 15 is 0 Å². The van der Waals surface area contributed by atoms with Gasteiger partial charge < -0.3 is 5.73 Å². The normalized spacial score (nSPS) is 11.5. The summed E-state index contributed by atoms with van der Waals surface area (Å²) in [6.07, 6.45) is 1.83. The zero-order chi connectivity index (χ0) is 14.7. The van der Waals surface area contributed by atoms with E-state index in [1.807, 2.05) is 78.9 Å². The van der Waals surface area contributed by atoms with Crippen LogP contribution in [-0.2, 0) is 4.79 Å². The number of carbonyl (C=O) groups excluding carboxylic acids is 1. The third-order valence-electron chi connectivity index (χ3n) is 3.44. The van der Waals surface area contributed by atoms with Gasteiger partial charge in [-0.05, 0) is 34.0 Å². The number of primary amides is 1. The first-order valence-corrected chi connectivity index (χ1v) is 6.80. The van der Waals surface area contributed by atoms with Gasteiger partial charge >= 0.3 is 0 Å². The van der Waals surface area contributed by atoms with Crippen LogP contribution in [0.25, 0.3) is 22.4 Å². The molecule has 0 spiro atoms. The molecule has 2 heteroatoms. The Hall–Kier alpha value is -2.87. The average molecular weight is 273 g/mol. The number of rotatable bonds is 3. The standard InChI is InChI=1S/C19H15NO/c20-19(21)18(12-14-6-2-1-3-7-14)17-11-10-15-8-4-5-9-16(15)13-17/h1-13H,(H2,20,21). The summed E-state index contributed by atoms with van der Waals surface area (Å²) in [5.74, 6) is -0.422. The van der Waals surface area contributed by atoms with Crippen LogP contribution in [0, 0.1) is 0 Å². The van der Waals surface area contributed by atoms with E-state index in [-0.39, 0.29) is 0 Å². The van der Waals surface area contributed by atoms with Crippen LogP contribution in [0.15, 0.2) is 72.8 Å². The Morgan fingerprint density at radius 3 is 2.19 bits per heavy atom. The van der Waals surface area contributed by atoms with E-state index in [0.29, 0.717) is 5.57 Å². The van der Waals surface area contributed by atoms with Gasteiger partial charge in [0.15, 0.2) is 0 Å². The molecule has 2 N–H and O–H groups in total. The van der Waals surface area contributed by atoms with Crippen LogP contribution >= 0.6 is 0 Å². The van der Waals surface area contributed by atoms with Gasteiger partial charge in [-0.15, -0.1) is 0 Å².